The van der Waals surface area contributed by atoms with Crippen molar-refractivity contribution in [1.82, 2.24) is 5.32 Å². The van der Waals surface area contributed by atoms with Crippen molar-refractivity contribution in [1.29, 1.82) is 0 Å². The van der Waals surface area contributed by atoms with Gasteiger partial charge in [-0.3, -0.25) is 0 Å². The Kier molecular flexibility index (Phi) is 5.32. The fourth-order valence-corrected chi connectivity index (χ4v) is 1.65. The maximum absolute atomic E-state index is 11.4. The van der Waals surface area contributed by atoms with E-state index in [0.29, 0.717) is 0 Å². The molecular formula is C12H21NO3. The maximum Gasteiger partial charge on any atom is 0.407 e. The van der Waals surface area contributed by atoms with Crippen LogP contribution >= 0.6 is 0 Å². The van der Waals surface area contributed by atoms with Gasteiger partial charge in [0.05, 0.1) is 6.10 Å². The van der Waals surface area contributed by atoms with E-state index in [0.717, 1.165) is 25.7 Å². The molecule has 0 spiro atoms. The summed E-state index contributed by atoms with van der Waals surface area (Å²) in [6.45, 7) is 3.78. The van der Waals surface area contributed by atoms with Crippen LogP contribution in [-0.2, 0) is 4.74 Å². The van der Waals surface area contributed by atoms with Gasteiger partial charge in [0.2, 0.25) is 0 Å². The molecule has 0 aliphatic heterocycles. The van der Waals surface area contributed by atoms with E-state index in [9.17, 15) is 9.90 Å². The van der Waals surface area contributed by atoms with Crippen LogP contribution in [0.3, 0.4) is 0 Å². The molecule has 2 atom stereocenters. The molecule has 1 aliphatic carbocycles. The molecule has 0 aromatic carbocycles. The number of nitrogens with one attached hydrogen (secondary N) is 1. The summed E-state index contributed by atoms with van der Waals surface area (Å²) in [5, 5.41) is 12.1. The lowest BCUT2D eigenvalue weighted by Crippen LogP contribution is -2.33. The van der Waals surface area contributed by atoms with Crippen LogP contribution in [0.4, 0.5) is 4.79 Å². The van der Waals surface area contributed by atoms with Crippen molar-refractivity contribution in [2.24, 2.45) is 0 Å². The van der Waals surface area contributed by atoms with Gasteiger partial charge in [-0.15, -0.1) is 0 Å². The summed E-state index contributed by atoms with van der Waals surface area (Å²) in [4.78, 5) is 11.4. The van der Waals surface area contributed by atoms with Gasteiger partial charge in [-0.05, 0) is 39.2 Å². The molecule has 2 unspecified atom stereocenters. The van der Waals surface area contributed by atoms with Crippen LogP contribution in [0.1, 0.15) is 39.5 Å². The van der Waals surface area contributed by atoms with Crippen molar-refractivity contribution in [3.05, 3.63) is 12.2 Å². The van der Waals surface area contributed by atoms with Crippen LogP contribution in [0.25, 0.3) is 0 Å². The van der Waals surface area contributed by atoms with Crippen molar-refractivity contribution in [2.45, 2.75) is 57.8 Å². The van der Waals surface area contributed by atoms with Crippen molar-refractivity contribution in [3.63, 3.8) is 0 Å². The number of carbonyl (C=O) groups is 1. The predicted octanol–water partition coefficient (Wildman–Crippen LogP) is 1.98. The number of hydrogen-bond acceptors (Lipinski definition) is 3. The van der Waals surface area contributed by atoms with Crippen molar-refractivity contribution < 1.29 is 14.6 Å². The van der Waals surface area contributed by atoms with Crippen molar-refractivity contribution in [2.75, 3.05) is 0 Å². The monoisotopic (exact) mass is 227 g/mol. The zero-order valence-electron chi connectivity index (χ0n) is 9.98. The zero-order chi connectivity index (χ0) is 12.0. The highest BCUT2D eigenvalue weighted by Crippen LogP contribution is 2.14. The summed E-state index contributed by atoms with van der Waals surface area (Å²) >= 11 is 0. The van der Waals surface area contributed by atoms with Crippen LogP contribution < -0.4 is 5.32 Å². The average Bonchev–Trinajstić information content (AvgIpc) is 2.16. The molecule has 0 saturated heterocycles. The van der Waals surface area contributed by atoms with Gasteiger partial charge >= 0.3 is 6.09 Å². The lowest BCUT2D eigenvalue weighted by Gasteiger charge is -2.19. The summed E-state index contributed by atoms with van der Waals surface area (Å²) in [5.41, 5.74) is 0. The van der Waals surface area contributed by atoms with Crippen LogP contribution in [-0.4, -0.2) is 29.4 Å². The minimum absolute atomic E-state index is 0.0793. The van der Waals surface area contributed by atoms with E-state index in [4.69, 9.17) is 4.74 Å². The number of aliphatic hydroxyl groups excluding tert-OH is 1. The zero-order valence-corrected chi connectivity index (χ0v) is 9.98. The molecule has 0 aromatic heterocycles. The molecule has 2 N–H and O–H groups in total. The molecule has 0 fully saturated rings. The number of carbonyl (C=O) groups excluding carboxylic acids is 1. The Morgan fingerprint density at radius 2 is 2.06 bits per heavy atom. The highest BCUT2D eigenvalue weighted by Gasteiger charge is 2.14. The second-order valence-electron chi connectivity index (χ2n) is 4.48. The topological polar surface area (TPSA) is 58.6 Å². The quantitative estimate of drug-likeness (QED) is 0.709. The van der Waals surface area contributed by atoms with Gasteiger partial charge in [0, 0.05) is 6.04 Å². The second-order valence-corrected chi connectivity index (χ2v) is 4.48. The molecule has 4 heteroatoms. The summed E-state index contributed by atoms with van der Waals surface area (Å²) in [5.74, 6) is 0. The van der Waals surface area contributed by atoms with Crippen LogP contribution in [0.5, 0.6) is 0 Å². The average molecular weight is 227 g/mol. The van der Waals surface area contributed by atoms with E-state index in [1.165, 1.54) is 0 Å². The van der Waals surface area contributed by atoms with Gasteiger partial charge in [-0.2, -0.15) is 0 Å². The SMILES string of the molecule is CC(C)NC(=O)OC1/C=C/C(O)CCCC1. The third-order valence-electron chi connectivity index (χ3n) is 2.45. The Morgan fingerprint density at radius 3 is 2.75 bits per heavy atom. The van der Waals surface area contributed by atoms with Gasteiger partial charge in [0.15, 0.2) is 0 Å². The molecule has 92 valence electrons. The fraction of sp³-hybridized carbons (Fsp3) is 0.750. The Hall–Kier alpha value is -1.03. The summed E-state index contributed by atoms with van der Waals surface area (Å²) in [6.07, 6.45) is 6.05. The predicted molar refractivity (Wildman–Crippen MR) is 62.2 cm³/mol. The molecule has 0 radical (unpaired) electrons. The Balaban J connectivity index is 2.42. The lowest BCUT2D eigenvalue weighted by atomic mass is 10.0. The highest BCUT2D eigenvalue weighted by atomic mass is 16.6. The Morgan fingerprint density at radius 1 is 1.38 bits per heavy atom. The first-order chi connectivity index (χ1) is 7.58. The summed E-state index contributed by atoms with van der Waals surface area (Å²) < 4.78 is 5.24. The number of alkyl carbamates (subject to hydrolysis) is 1. The van der Waals surface area contributed by atoms with Gasteiger partial charge < -0.3 is 15.2 Å². The minimum Gasteiger partial charge on any atom is -0.442 e. The number of hydrogen-bond donors (Lipinski definition) is 2. The van der Waals surface area contributed by atoms with E-state index in [1.807, 2.05) is 13.8 Å². The van der Waals surface area contributed by atoms with Gasteiger partial charge in [0.1, 0.15) is 6.10 Å². The molecule has 0 saturated carbocycles. The third-order valence-corrected chi connectivity index (χ3v) is 2.45. The largest absolute Gasteiger partial charge is 0.442 e. The summed E-state index contributed by atoms with van der Waals surface area (Å²) in [6, 6.07) is 0.0793. The van der Waals surface area contributed by atoms with Crippen LogP contribution in [0, 0.1) is 0 Å². The first-order valence-electron chi connectivity index (χ1n) is 5.91. The molecular weight excluding hydrogens is 206 g/mol. The van der Waals surface area contributed by atoms with Gasteiger partial charge in [-0.25, -0.2) is 4.79 Å². The van der Waals surface area contributed by atoms with E-state index < -0.39 is 6.10 Å². The van der Waals surface area contributed by atoms with E-state index >= 15 is 0 Å². The molecule has 16 heavy (non-hydrogen) atoms. The van der Waals surface area contributed by atoms with Crippen molar-refractivity contribution in [3.8, 4) is 0 Å². The molecule has 0 aromatic rings. The normalized spacial score (nSPS) is 28.0. The third kappa shape index (κ3) is 5.16. The van der Waals surface area contributed by atoms with E-state index in [2.05, 4.69) is 5.32 Å². The Bertz CT molecular complexity index is 251. The lowest BCUT2D eigenvalue weighted by molar-refractivity contribution is 0.107. The number of rotatable bonds is 2. The standard InChI is InChI=1S/C12H21NO3/c1-9(2)13-12(15)16-11-6-4-3-5-10(14)7-8-11/h7-11,14H,3-6H2,1-2H3,(H,13,15)/b8-7+. The van der Waals surface area contributed by atoms with Gasteiger partial charge in [-0.1, -0.05) is 12.5 Å². The first-order valence-corrected chi connectivity index (χ1v) is 5.91. The molecule has 1 aliphatic rings. The number of amides is 1. The van der Waals surface area contributed by atoms with E-state index in [-0.39, 0.29) is 18.2 Å². The second kappa shape index (κ2) is 6.53. The molecule has 1 rings (SSSR count). The summed E-state index contributed by atoms with van der Waals surface area (Å²) in [7, 11) is 0. The maximum atomic E-state index is 11.4. The van der Waals surface area contributed by atoms with Crippen LogP contribution in [0.15, 0.2) is 12.2 Å². The minimum atomic E-state index is -0.403. The van der Waals surface area contributed by atoms with E-state index in [1.54, 1.807) is 12.2 Å². The highest BCUT2D eigenvalue weighted by molar-refractivity contribution is 5.67. The van der Waals surface area contributed by atoms with Crippen LogP contribution in [0.2, 0.25) is 0 Å². The molecule has 4 nitrogen and oxygen atoms in total. The van der Waals surface area contributed by atoms with Gasteiger partial charge in [0.25, 0.3) is 0 Å². The number of aliphatic hydroxyl groups is 1. The fourth-order valence-electron chi connectivity index (χ4n) is 1.65. The van der Waals surface area contributed by atoms with Crippen molar-refractivity contribution >= 4 is 6.09 Å². The molecule has 0 bridgehead atoms. The molecule has 1 amide bonds. The first kappa shape index (κ1) is 13.0. The smallest absolute Gasteiger partial charge is 0.407 e. The Labute approximate surface area is 96.7 Å². The number of ether oxygens (including phenoxy) is 1. The molecule has 0 heterocycles.